The molecule has 11 nitrogen and oxygen atoms in total. The summed E-state index contributed by atoms with van der Waals surface area (Å²) in [7, 11) is 0. The number of likely N-dealkylation sites (tertiary alicyclic amines) is 1. The number of fused-ring (bicyclic) bond motifs is 1. The summed E-state index contributed by atoms with van der Waals surface area (Å²) in [5.41, 5.74) is 3.85. The Labute approximate surface area is 267 Å². The summed E-state index contributed by atoms with van der Waals surface area (Å²) < 4.78 is 38.9. The van der Waals surface area contributed by atoms with Gasteiger partial charge in [-0.15, -0.1) is 0 Å². The van der Waals surface area contributed by atoms with E-state index in [2.05, 4.69) is 16.0 Å². The molecule has 0 aromatic carbocycles. The van der Waals surface area contributed by atoms with Crippen LogP contribution in [0.5, 0.6) is 0 Å². The highest BCUT2D eigenvalue weighted by Gasteiger charge is 2.70. The van der Waals surface area contributed by atoms with Crippen LogP contribution >= 0.6 is 0 Å². The van der Waals surface area contributed by atoms with Crippen LogP contribution in [0.2, 0.25) is 0 Å². The Morgan fingerprint density at radius 2 is 1.52 bits per heavy atom. The number of primary amides is 1. The summed E-state index contributed by atoms with van der Waals surface area (Å²) in [6, 6.07) is -5.41. The van der Waals surface area contributed by atoms with E-state index in [-0.39, 0.29) is 41.4 Å². The molecule has 0 spiro atoms. The second kappa shape index (κ2) is 13.1. The summed E-state index contributed by atoms with van der Waals surface area (Å²) in [6.45, 7) is 9.23. The minimum Gasteiger partial charge on any atom is -0.363 e. The van der Waals surface area contributed by atoms with E-state index in [1.54, 1.807) is 20.8 Å². The summed E-state index contributed by atoms with van der Waals surface area (Å²) >= 11 is 0. The van der Waals surface area contributed by atoms with Gasteiger partial charge < -0.3 is 26.6 Å². The van der Waals surface area contributed by atoms with Crippen LogP contribution in [0.15, 0.2) is 0 Å². The van der Waals surface area contributed by atoms with E-state index in [0.29, 0.717) is 0 Å². The number of Topliss-reactive ketones (excluding diaryl/α,β-unsaturated/α-hetero) is 2. The highest BCUT2D eigenvalue weighted by molar-refractivity contribution is 6.37. The Kier molecular flexibility index (Phi) is 10.2. The Morgan fingerprint density at radius 3 is 2.04 bits per heavy atom. The van der Waals surface area contributed by atoms with Crippen molar-refractivity contribution in [2.75, 3.05) is 6.54 Å². The fourth-order valence-corrected chi connectivity index (χ4v) is 7.46. The topological polar surface area (TPSA) is 168 Å². The van der Waals surface area contributed by atoms with Gasteiger partial charge in [0.2, 0.25) is 17.6 Å². The van der Waals surface area contributed by atoms with Crippen LogP contribution in [-0.4, -0.2) is 77.1 Å². The highest BCUT2D eigenvalue weighted by atomic mass is 19.4. The molecule has 1 saturated heterocycles. The zero-order chi connectivity index (χ0) is 34.4. The van der Waals surface area contributed by atoms with Crippen molar-refractivity contribution in [3.63, 3.8) is 0 Å². The van der Waals surface area contributed by atoms with E-state index in [9.17, 15) is 41.9 Å². The molecule has 1 unspecified atom stereocenters. The number of alkyl halides is 3. The summed E-state index contributed by atoms with van der Waals surface area (Å²) in [4.78, 5) is 79.8. The van der Waals surface area contributed by atoms with Crippen molar-refractivity contribution < 1.29 is 41.9 Å². The lowest BCUT2D eigenvalue weighted by Gasteiger charge is -2.38. The lowest BCUT2D eigenvalue weighted by atomic mass is 9.81. The maximum atomic E-state index is 14.2. The molecule has 0 bridgehead atoms. The molecule has 0 radical (unpaired) electrons. The normalized spacial score (nSPS) is 26.3. The third-order valence-corrected chi connectivity index (χ3v) is 10.4. The van der Waals surface area contributed by atoms with Crippen LogP contribution < -0.4 is 21.7 Å². The number of hydrogen-bond acceptors (Lipinski definition) is 6. The number of halogens is 3. The molecule has 1 aliphatic heterocycles. The molecular weight excluding hydrogens is 607 g/mol. The predicted molar refractivity (Wildman–Crippen MR) is 161 cm³/mol. The van der Waals surface area contributed by atoms with Crippen LogP contribution in [0.25, 0.3) is 0 Å². The Bertz CT molecular complexity index is 1240. The second-order valence-electron chi connectivity index (χ2n) is 15.3. The number of hydrogen-bond donors (Lipinski definition) is 4. The fraction of sp³-hybridized carbons (Fsp3) is 0.812. The number of nitrogens with zero attached hydrogens (tertiary/aromatic N) is 1. The maximum Gasteiger partial charge on any atom is 0.389 e. The Hall–Kier alpha value is -3.19. The maximum absolute atomic E-state index is 14.2. The first-order chi connectivity index (χ1) is 21.2. The van der Waals surface area contributed by atoms with Gasteiger partial charge in [0, 0.05) is 18.9 Å². The van der Waals surface area contributed by atoms with Gasteiger partial charge in [0.15, 0.2) is 5.78 Å². The number of urea groups is 1. The minimum absolute atomic E-state index is 0.0184. The van der Waals surface area contributed by atoms with E-state index in [0.717, 1.165) is 44.9 Å². The molecule has 5 N–H and O–H groups in total. The van der Waals surface area contributed by atoms with Crippen molar-refractivity contribution in [3.05, 3.63) is 0 Å². The van der Waals surface area contributed by atoms with Crippen LogP contribution in [0, 0.1) is 34.5 Å². The fourth-order valence-electron chi connectivity index (χ4n) is 7.46. The van der Waals surface area contributed by atoms with E-state index < -0.39 is 78.1 Å². The zero-order valence-corrected chi connectivity index (χ0v) is 27.3. The molecule has 4 rings (SSSR count). The molecule has 258 valence electrons. The second-order valence-corrected chi connectivity index (χ2v) is 15.3. The number of amides is 5. The SMILES string of the molecule is CC(C)(C)[C@H](NC(=O)N[C@H](C(=O)C1CC1)C1CCCCC1)C(=O)N1C[C@H]2[C@@H]([C@H]1C(=O)NC(CCC(F)(F)F)C(=O)C(N)=O)C2(C)C. The van der Waals surface area contributed by atoms with E-state index >= 15 is 0 Å². The van der Waals surface area contributed by atoms with Crippen molar-refractivity contribution >= 4 is 35.3 Å². The van der Waals surface area contributed by atoms with Crippen molar-refractivity contribution in [3.8, 4) is 0 Å². The van der Waals surface area contributed by atoms with Crippen molar-refractivity contribution in [2.24, 2.45) is 40.2 Å². The van der Waals surface area contributed by atoms with Gasteiger partial charge in [-0.2, -0.15) is 13.2 Å². The minimum atomic E-state index is -4.65. The molecule has 3 saturated carbocycles. The van der Waals surface area contributed by atoms with E-state index in [1.165, 1.54) is 4.90 Å². The summed E-state index contributed by atoms with van der Waals surface area (Å²) in [6.07, 6.45) is -0.674. The standard InChI is InChI=1S/C32H48F3N5O6/c1-30(2,3)25(39-29(46)38-21(23(41)17-11-12-17)16-9-7-6-8-10-16)28(45)40-15-18-20(31(18,4)5)22(40)27(44)37-19(24(42)26(36)43)13-14-32(33,34)35/h16-22,25H,6-15H2,1-5H3,(H2,36,43)(H,37,44)(H2,38,39,46)/t18-,19?,20-,21-,22-,25+/m0/s1. The van der Waals surface area contributed by atoms with Gasteiger partial charge in [-0.05, 0) is 60.7 Å². The van der Waals surface area contributed by atoms with E-state index in [1.807, 2.05) is 13.8 Å². The van der Waals surface area contributed by atoms with Crippen LogP contribution in [0.3, 0.4) is 0 Å². The van der Waals surface area contributed by atoms with Crippen LogP contribution in [0.4, 0.5) is 18.0 Å². The number of rotatable bonds is 12. The average molecular weight is 656 g/mol. The largest absolute Gasteiger partial charge is 0.389 e. The number of ketones is 2. The van der Waals surface area contributed by atoms with Crippen LogP contribution in [-0.2, 0) is 24.0 Å². The first-order valence-electron chi connectivity index (χ1n) is 16.4. The molecule has 0 aromatic heterocycles. The highest BCUT2D eigenvalue weighted by Crippen LogP contribution is 2.65. The number of nitrogens with two attached hydrogens (primary N) is 1. The number of carbonyl (C=O) groups excluding carboxylic acids is 6. The number of nitrogens with one attached hydrogen (secondary N) is 3. The first-order valence-corrected chi connectivity index (χ1v) is 16.4. The van der Waals surface area contributed by atoms with Gasteiger partial charge in [-0.3, -0.25) is 24.0 Å². The quantitative estimate of drug-likeness (QED) is 0.236. The lowest BCUT2D eigenvalue weighted by molar-refractivity contribution is -0.147. The smallest absolute Gasteiger partial charge is 0.363 e. The molecule has 6 atom stereocenters. The van der Waals surface area contributed by atoms with Crippen molar-refractivity contribution in [1.29, 1.82) is 0 Å². The summed E-state index contributed by atoms with van der Waals surface area (Å²) in [5, 5.41) is 7.93. The molecule has 46 heavy (non-hydrogen) atoms. The van der Waals surface area contributed by atoms with Crippen molar-refractivity contribution in [1.82, 2.24) is 20.9 Å². The van der Waals surface area contributed by atoms with E-state index in [4.69, 9.17) is 5.73 Å². The molecule has 5 amide bonds. The average Bonchev–Trinajstić information content (AvgIpc) is 3.84. The van der Waals surface area contributed by atoms with Gasteiger partial charge in [0.1, 0.15) is 12.1 Å². The number of piperidine rings is 1. The third-order valence-electron chi connectivity index (χ3n) is 10.4. The van der Waals surface area contributed by atoms with Gasteiger partial charge in [-0.25, -0.2) is 4.79 Å². The molecule has 0 aromatic rings. The monoisotopic (exact) mass is 655 g/mol. The number of carbonyl (C=O) groups is 6. The predicted octanol–water partition coefficient (Wildman–Crippen LogP) is 2.99. The van der Waals surface area contributed by atoms with Gasteiger partial charge in [0.05, 0.1) is 12.1 Å². The van der Waals surface area contributed by atoms with Crippen LogP contribution in [0.1, 0.15) is 92.4 Å². The molecule has 3 aliphatic carbocycles. The molecular formula is C32H48F3N5O6. The van der Waals surface area contributed by atoms with Gasteiger partial charge in [0.25, 0.3) is 5.91 Å². The first kappa shape index (κ1) is 35.7. The molecule has 4 aliphatic rings. The Balaban J connectivity index is 1.53. The zero-order valence-electron chi connectivity index (χ0n) is 27.3. The Morgan fingerprint density at radius 1 is 0.913 bits per heavy atom. The summed E-state index contributed by atoms with van der Waals surface area (Å²) in [5.74, 6) is -4.76. The van der Waals surface area contributed by atoms with Crippen molar-refractivity contribution in [2.45, 2.75) is 123 Å². The lowest BCUT2D eigenvalue weighted by Crippen LogP contribution is -2.62. The molecule has 1 heterocycles. The van der Waals surface area contributed by atoms with Gasteiger partial charge >= 0.3 is 12.2 Å². The molecule has 4 fully saturated rings. The van der Waals surface area contributed by atoms with Gasteiger partial charge in [-0.1, -0.05) is 53.9 Å². The third kappa shape index (κ3) is 8.02. The molecule has 14 heteroatoms.